The van der Waals surface area contributed by atoms with Gasteiger partial charge in [-0.3, -0.25) is 15.6 Å². The lowest BCUT2D eigenvalue weighted by atomic mass is 9.90. The molecule has 7 nitrogen and oxygen atoms in total. The third kappa shape index (κ3) is 4.13. The first-order valence-corrected chi connectivity index (χ1v) is 10.2. The highest BCUT2D eigenvalue weighted by molar-refractivity contribution is 5.79. The van der Waals surface area contributed by atoms with Gasteiger partial charge in [-0.2, -0.15) is 0 Å². The number of rotatable bonds is 5. The van der Waals surface area contributed by atoms with Gasteiger partial charge in [-0.25, -0.2) is 18.7 Å². The minimum atomic E-state index is -0.559. The lowest BCUT2D eigenvalue weighted by Gasteiger charge is -2.32. The van der Waals surface area contributed by atoms with Crippen LogP contribution in [0, 0.1) is 11.6 Å². The van der Waals surface area contributed by atoms with Gasteiger partial charge in [-0.05, 0) is 37.1 Å². The highest BCUT2D eigenvalue weighted by Gasteiger charge is 2.42. The Morgan fingerprint density at radius 3 is 2.93 bits per heavy atom. The lowest BCUT2D eigenvalue weighted by Crippen LogP contribution is -2.50. The molecule has 2 N–H and O–H groups in total. The average Bonchev–Trinajstić information content (AvgIpc) is 3.39. The molecule has 1 amide bonds. The van der Waals surface area contributed by atoms with Crippen LogP contribution in [0.5, 0.6) is 0 Å². The van der Waals surface area contributed by atoms with Crippen LogP contribution in [0.3, 0.4) is 0 Å². The second-order valence-corrected chi connectivity index (χ2v) is 8.04. The number of hydrazine groups is 1. The van der Waals surface area contributed by atoms with Gasteiger partial charge in [0.1, 0.15) is 11.6 Å². The molecule has 3 heterocycles. The molecule has 9 heteroatoms. The third-order valence-corrected chi connectivity index (χ3v) is 5.85. The SMILES string of the molecule is CN(C)c1nccc(C2CNNC2C2CCCN2C(=O)Cc2cc(F)ccc2F)n1. The number of anilines is 1. The molecule has 0 bridgehead atoms. The van der Waals surface area contributed by atoms with E-state index in [1.165, 1.54) is 0 Å². The molecule has 0 spiro atoms. The Labute approximate surface area is 174 Å². The molecule has 160 valence electrons. The summed E-state index contributed by atoms with van der Waals surface area (Å²) in [6.07, 6.45) is 3.32. The van der Waals surface area contributed by atoms with E-state index in [1.807, 2.05) is 25.1 Å². The van der Waals surface area contributed by atoms with E-state index in [-0.39, 0.29) is 35.9 Å². The molecule has 1 aromatic carbocycles. The quantitative estimate of drug-likeness (QED) is 0.772. The smallest absolute Gasteiger partial charge is 0.227 e. The molecule has 3 unspecified atom stereocenters. The van der Waals surface area contributed by atoms with Crippen molar-refractivity contribution >= 4 is 11.9 Å². The van der Waals surface area contributed by atoms with Gasteiger partial charge in [-0.1, -0.05) is 0 Å². The van der Waals surface area contributed by atoms with Crippen LogP contribution in [0.25, 0.3) is 0 Å². The molecule has 4 rings (SSSR count). The number of nitrogens with one attached hydrogen (secondary N) is 2. The number of aromatic nitrogens is 2. The van der Waals surface area contributed by atoms with Crippen molar-refractivity contribution in [2.75, 3.05) is 32.1 Å². The van der Waals surface area contributed by atoms with Crippen molar-refractivity contribution < 1.29 is 13.6 Å². The zero-order chi connectivity index (χ0) is 21.3. The maximum atomic E-state index is 14.0. The Balaban J connectivity index is 1.53. The Kier molecular flexibility index (Phi) is 5.92. The largest absolute Gasteiger partial charge is 0.347 e. The highest BCUT2D eigenvalue weighted by atomic mass is 19.1. The first-order chi connectivity index (χ1) is 14.4. The number of carbonyl (C=O) groups is 1. The topological polar surface area (TPSA) is 73.4 Å². The molecule has 3 atom stereocenters. The summed E-state index contributed by atoms with van der Waals surface area (Å²) < 4.78 is 27.5. The minimum Gasteiger partial charge on any atom is -0.347 e. The fourth-order valence-corrected chi connectivity index (χ4v) is 4.37. The van der Waals surface area contributed by atoms with Gasteiger partial charge in [0.05, 0.1) is 18.2 Å². The first-order valence-electron chi connectivity index (χ1n) is 10.2. The zero-order valence-electron chi connectivity index (χ0n) is 17.1. The van der Waals surface area contributed by atoms with E-state index in [4.69, 9.17) is 0 Å². The Bertz CT molecular complexity index is 924. The van der Waals surface area contributed by atoms with Crippen LogP contribution in [-0.4, -0.2) is 60.0 Å². The molecule has 2 aromatic rings. The minimum absolute atomic E-state index is 0.0290. The van der Waals surface area contributed by atoms with Crippen molar-refractivity contribution in [1.82, 2.24) is 25.7 Å². The fraction of sp³-hybridized carbons (Fsp3) is 0.476. The van der Waals surface area contributed by atoms with E-state index in [1.54, 1.807) is 11.1 Å². The van der Waals surface area contributed by atoms with Crippen molar-refractivity contribution in [2.24, 2.45) is 0 Å². The van der Waals surface area contributed by atoms with Crippen LogP contribution in [0.4, 0.5) is 14.7 Å². The maximum absolute atomic E-state index is 14.0. The summed E-state index contributed by atoms with van der Waals surface area (Å²) in [4.78, 5) is 25.6. The Morgan fingerprint density at radius 1 is 1.30 bits per heavy atom. The van der Waals surface area contributed by atoms with Crippen LogP contribution in [0.2, 0.25) is 0 Å². The molecule has 2 saturated heterocycles. The van der Waals surface area contributed by atoms with Crippen molar-refractivity contribution in [3.05, 3.63) is 53.4 Å². The number of hydrogen-bond donors (Lipinski definition) is 2. The summed E-state index contributed by atoms with van der Waals surface area (Å²) in [5, 5.41) is 0. The second kappa shape index (κ2) is 8.61. The van der Waals surface area contributed by atoms with Crippen molar-refractivity contribution in [3.8, 4) is 0 Å². The molecule has 0 saturated carbocycles. The molecule has 2 fully saturated rings. The van der Waals surface area contributed by atoms with Crippen molar-refractivity contribution in [1.29, 1.82) is 0 Å². The zero-order valence-corrected chi connectivity index (χ0v) is 17.1. The van der Waals surface area contributed by atoms with E-state index in [9.17, 15) is 13.6 Å². The fourth-order valence-electron chi connectivity index (χ4n) is 4.37. The predicted octanol–water partition coefficient (Wildman–Crippen LogP) is 1.61. The number of carbonyl (C=O) groups excluding carboxylic acids is 1. The molecule has 2 aliphatic heterocycles. The van der Waals surface area contributed by atoms with Crippen molar-refractivity contribution in [3.63, 3.8) is 0 Å². The van der Waals surface area contributed by atoms with Crippen molar-refractivity contribution in [2.45, 2.75) is 37.3 Å². The molecular weight excluding hydrogens is 390 g/mol. The number of nitrogens with zero attached hydrogens (tertiary/aromatic N) is 4. The maximum Gasteiger partial charge on any atom is 0.227 e. The molecule has 0 radical (unpaired) electrons. The summed E-state index contributed by atoms with van der Waals surface area (Å²) >= 11 is 0. The third-order valence-electron chi connectivity index (χ3n) is 5.85. The van der Waals surface area contributed by atoms with Gasteiger partial charge in [0, 0.05) is 50.9 Å². The van der Waals surface area contributed by atoms with Gasteiger partial charge >= 0.3 is 0 Å². The van der Waals surface area contributed by atoms with E-state index in [2.05, 4.69) is 20.8 Å². The summed E-state index contributed by atoms with van der Waals surface area (Å²) in [6, 6.07) is 5.05. The number of hydrogen-bond acceptors (Lipinski definition) is 6. The highest BCUT2D eigenvalue weighted by Crippen LogP contribution is 2.31. The van der Waals surface area contributed by atoms with Crippen LogP contribution in [0.1, 0.15) is 30.0 Å². The van der Waals surface area contributed by atoms with E-state index < -0.39 is 11.6 Å². The number of benzene rings is 1. The summed E-state index contributed by atoms with van der Waals surface area (Å²) in [5.74, 6) is -0.586. The monoisotopic (exact) mass is 416 g/mol. The first kappa shape index (κ1) is 20.6. The Hall–Kier alpha value is -2.65. The number of likely N-dealkylation sites (tertiary alicyclic amines) is 1. The molecule has 1 aromatic heterocycles. The van der Waals surface area contributed by atoms with Crippen LogP contribution in [0.15, 0.2) is 30.5 Å². The lowest BCUT2D eigenvalue weighted by molar-refractivity contribution is -0.131. The standard InChI is InChI=1S/C21H26F2N6O/c1-28(2)21-24-8-7-17(26-21)15-12-25-27-20(15)18-4-3-9-29(18)19(30)11-13-10-14(22)5-6-16(13)23/h5-8,10,15,18,20,25,27H,3-4,9,11-12H2,1-2H3. The van der Waals surface area contributed by atoms with Gasteiger partial charge in [0.15, 0.2) is 0 Å². The summed E-state index contributed by atoms with van der Waals surface area (Å²) in [6.45, 7) is 1.30. The molecule has 0 aliphatic carbocycles. The molecular formula is C21H26F2N6O. The van der Waals surface area contributed by atoms with Gasteiger partial charge in [-0.15, -0.1) is 0 Å². The van der Waals surface area contributed by atoms with E-state index in [0.717, 1.165) is 36.7 Å². The number of halogens is 2. The van der Waals surface area contributed by atoms with E-state index in [0.29, 0.717) is 19.0 Å². The van der Waals surface area contributed by atoms with Crippen LogP contribution >= 0.6 is 0 Å². The van der Waals surface area contributed by atoms with Crippen LogP contribution in [-0.2, 0) is 11.2 Å². The van der Waals surface area contributed by atoms with Gasteiger partial charge in [0.25, 0.3) is 0 Å². The second-order valence-electron chi connectivity index (χ2n) is 8.04. The van der Waals surface area contributed by atoms with E-state index >= 15 is 0 Å². The number of amides is 1. The Morgan fingerprint density at radius 2 is 2.13 bits per heavy atom. The average molecular weight is 416 g/mol. The molecule has 30 heavy (non-hydrogen) atoms. The summed E-state index contributed by atoms with van der Waals surface area (Å²) in [5.41, 5.74) is 7.51. The van der Waals surface area contributed by atoms with Crippen LogP contribution < -0.4 is 15.8 Å². The summed E-state index contributed by atoms with van der Waals surface area (Å²) in [7, 11) is 3.79. The molecule has 2 aliphatic rings. The normalized spacial score (nSPS) is 23.7. The van der Waals surface area contributed by atoms with Gasteiger partial charge < -0.3 is 9.80 Å². The predicted molar refractivity (Wildman–Crippen MR) is 109 cm³/mol. The van der Waals surface area contributed by atoms with Gasteiger partial charge in [0.2, 0.25) is 11.9 Å².